The highest BCUT2D eigenvalue weighted by molar-refractivity contribution is 7.99. The van der Waals surface area contributed by atoms with E-state index in [9.17, 15) is 4.79 Å². The monoisotopic (exact) mass is 312 g/mol. The molecule has 1 aliphatic rings. The number of nitrogens with zero attached hydrogens (tertiary/aromatic N) is 4. The quantitative estimate of drug-likeness (QED) is 0.777. The molecule has 6 nitrogen and oxygen atoms in total. The Labute approximate surface area is 129 Å². The maximum absolute atomic E-state index is 10.8. The molecule has 0 spiro atoms. The molecule has 21 heavy (non-hydrogen) atoms. The Morgan fingerprint density at radius 2 is 1.95 bits per heavy atom. The normalized spacial score (nSPS) is 17.5. The van der Waals surface area contributed by atoms with Crippen molar-refractivity contribution in [1.29, 1.82) is 0 Å². The van der Waals surface area contributed by atoms with Crippen LogP contribution in [-0.4, -0.2) is 55.6 Å². The Kier molecular flexibility index (Phi) is 5.64. The van der Waals surface area contributed by atoms with E-state index in [1.165, 1.54) is 24.6 Å². The molecular formula is C14H24N4O2S. The van der Waals surface area contributed by atoms with Gasteiger partial charge in [-0.3, -0.25) is 9.69 Å². The average molecular weight is 312 g/mol. The minimum Gasteiger partial charge on any atom is -0.481 e. The Morgan fingerprint density at radius 1 is 1.29 bits per heavy atom. The van der Waals surface area contributed by atoms with Gasteiger partial charge in [0.15, 0.2) is 5.16 Å². The van der Waals surface area contributed by atoms with Gasteiger partial charge in [-0.2, -0.15) is 0 Å². The summed E-state index contributed by atoms with van der Waals surface area (Å²) < 4.78 is 2.10. The standard InChI is InChI=1S/C14H24N4O2S/c1-10(2)13-15-16-14(21-9-12(19)20)18(13)8-11(3)17-6-4-5-7-17/h10-11H,4-9H2,1-3H3,(H,19,20). The number of carboxylic acid groups (broad SMARTS) is 1. The number of aromatic nitrogens is 3. The first-order chi connectivity index (χ1) is 9.99. The van der Waals surface area contributed by atoms with Crippen molar-refractivity contribution in [2.45, 2.75) is 57.3 Å². The van der Waals surface area contributed by atoms with Crippen molar-refractivity contribution in [3.8, 4) is 0 Å². The maximum Gasteiger partial charge on any atom is 0.313 e. The molecule has 0 aliphatic carbocycles. The lowest BCUT2D eigenvalue weighted by Gasteiger charge is -2.25. The molecule has 0 aromatic carbocycles. The van der Waals surface area contributed by atoms with Gasteiger partial charge in [-0.25, -0.2) is 0 Å². The molecule has 0 bridgehead atoms. The predicted octanol–water partition coefficient (Wildman–Crippen LogP) is 2.06. The summed E-state index contributed by atoms with van der Waals surface area (Å²) >= 11 is 1.25. The molecule has 1 aromatic rings. The van der Waals surface area contributed by atoms with Crippen molar-refractivity contribution in [1.82, 2.24) is 19.7 Å². The van der Waals surface area contributed by atoms with Gasteiger partial charge in [0.2, 0.25) is 0 Å². The molecule has 1 unspecified atom stereocenters. The number of carbonyl (C=O) groups is 1. The number of carboxylic acids is 1. The third-order valence-corrected chi connectivity index (χ3v) is 4.75. The summed E-state index contributed by atoms with van der Waals surface area (Å²) in [5.41, 5.74) is 0. The van der Waals surface area contributed by atoms with Crippen molar-refractivity contribution < 1.29 is 9.90 Å². The van der Waals surface area contributed by atoms with Crippen molar-refractivity contribution >= 4 is 17.7 Å². The second kappa shape index (κ2) is 7.26. The van der Waals surface area contributed by atoms with Crippen LogP contribution in [0.3, 0.4) is 0 Å². The van der Waals surface area contributed by atoms with Gasteiger partial charge in [-0.05, 0) is 32.9 Å². The fourth-order valence-electron chi connectivity index (χ4n) is 2.69. The van der Waals surface area contributed by atoms with E-state index >= 15 is 0 Å². The lowest BCUT2D eigenvalue weighted by atomic mass is 10.2. The molecule has 1 N–H and O–H groups in total. The van der Waals surface area contributed by atoms with E-state index in [4.69, 9.17) is 5.11 Å². The highest BCUT2D eigenvalue weighted by Gasteiger charge is 2.22. The van der Waals surface area contributed by atoms with E-state index in [1.54, 1.807) is 0 Å². The van der Waals surface area contributed by atoms with E-state index < -0.39 is 5.97 Å². The zero-order valence-corrected chi connectivity index (χ0v) is 13.8. The molecular weight excluding hydrogens is 288 g/mol. The van der Waals surface area contributed by atoms with Crippen LogP contribution in [0.15, 0.2) is 5.16 Å². The smallest absolute Gasteiger partial charge is 0.313 e. The van der Waals surface area contributed by atoms with Gasteiger partial charge in [-0.15, -0.1) is 10.2 Å². The van der Waals surface area contributed by atoms with E-state index in [2.05, 4.69) is 40.4 Å². The molecule has 7 heteroatoms. The molecule has 118 valence electrons. The van der Waals surface area contributed by atoms with Crippen molar-refractivity contribution in [3.05, 3.63) is 5.82 Å². The molecule has 0 radical (unpaired) electrons. The van der Waals surface area contributed by atoms with Crippen LogP contribution in [-0.2, 0) is 11.3 Å². The summed E-state index contributed by atoms with van der Waals surface area (Å²) in [5, 5.41) is 18.0. The number of hydrogen-bond acceptors (Lipinski definition) is 5. The Balaban J connectivity index is 2.13. The summed E-state index contributed by atoms with van der Waals surface area (Å²) in [6, 6.07) is 0.421. The molecule has 1 aliphatic heterocycles. The van der Waals surface area contributed by atoms with E-state index in [0.717, 1.165) is 25.5 Å². The number of thioether (sulfide) groups is 1. The highest BCUT2D eigenvalue weighted by atomic mass is 32.2. The van der Waals surface area contributed by atoms with Gasteiger partial charge in [0, 0.05) is 18.5 Å². The van der Waals surface area contributed by atoms with Crippen molar-refractivity contribution in [2.24, 2.45) is 0 Å². The first-order valence-corrected chi connectivity index (χ1v) is 8.49. The molecule has 1 fully saturated rings. The molecule has 1 atom stereocenters. The lowest BCUT2D eigenvalue weighted by molar-refractivity contribution is -0.133. The largest absolute Gasteiger partial charge is 0.481 e. The Morgan fingerprint density at radius 3 is 2.52 bits per heavy atom. The Hall–Kier alpha value is -1.08. The van der Waals surface area contributed by atoms with Gasteiger partial charge in [-0.1, -0.05) is 25.6 Å². The van der Waals surface area contributed by atoms with Gasteiger partial charge in [0.25, 0.3) is 0 Å². The highest BCUT2D eigenvalue weighted by Crippen LogP contribution is 2.23. The lowest BCUT2D eigenvalue weighted by Crippen LogP contribution is -2.34. The zero-order valence-electron chi connectivity index (χ0n) is 12.9. The zero-order chi connectivity index (χ0) is 15.4. The number of rotatable bonds is 7. The molecule has 1 aromatic heterocycles. The summed E-state index contributed by atoms with van der Waals surface area (Å²) in [6.45, 7) is 9.53. The molecule has 0 saturated carbocycles. The van der Waals surface area contributed by atoms with Crippen LogP contribution in [0.2, 0.25) is 0 Å². The third-order valence-electron chi connectivity index (χ3n) is 3.80. The minimum atomic E-state index is -0.826. The van der Waals surface area contributed by atoms with Gasteiger partial charge in [0.05, 0.1) is 5.75 Å². The Bertz CT molecular complexity index is 483. The summed E-state index contributed by atoms with van der Waals surface area (Å²) in [6.07, 6.45) is 2.54. The molecule has 2 rings (SSSR count). The van der Waals surface area contributed by atoms with Crippen molar-refractivity contribution in [3.63, 3.8) is 0 Å². The SMILES string of the molecule is CC(C)c1nnc(SCC(=O)O)n1CC(C)N1CCCC1. The second-order valence-electron chi connectivity index (χ2n) is 5.88. The number of likely N-dealkylation sites (tertiary alicyclic amines) is 1. The summed E-state index contributed by atoms with van der Waals surface area (Å²) in [4.78, 5) is 13.3. The molecule has 2 heterocycles. The van der Waals surface area contributed by atoms with Crippen LogP contribution in [0, 0.1) is 0 Å². The van der Waals surface area contributed by atoms with Crippen molar-refractivity contribution in [2.75, 3.05) is 18.8 Å². The number of aliphatic carboxylic acids is 1. The third kappa shape index (κ3) is 4.20. The van der Waals surface area contributed by atoms with Gasteiger partial charge < -0.3 is 9.67 Å². The predicted molar refractivity (Wildman–Crippen MR) is 82.7 cm³/mol. The van der Waals surface area contributed by atoms with Crippen LogP contribution in [0.25, 0.3) is 0 Å². The van der Waals surface area contributed by atoms with E-state index in [1.807, 2.05) is 0 Å². The first kappa shape index (κ1) is 16.3. The van der Waals surface area contributed by atoms with Gasteiger partial charge in [0.1, 0.15) is 5.82 Å². The van der Waals surface area contributed by atoms with Crippen LogP contribution in [0.5, 0.6) is 0 Å². The average Bonchev–Trinajstić information content (AvgIpc) is 3.05. The summed E-state index contributed by atoms with van der Waals surface area (Å²) in [5.74, 6) is 0.415. The van der Waals surface area contributed by atoms with Crippen LogP contribution >= 0.6 is 11.8 Å². The maximum atomic E-state index is 10.8. The van der Waals surface area contributed by atoms with E-state index in [0.29, 0.717) is 11.2 Å². The van der Waals surface area contributed by atoms with Gasteiger partial charge >= 0.3 is 5.97 Å². The van der Waals surface area contributed by atoms with Crippen LogP contribution < -0.4 is 0 Å². The van der Waals surface area contributed by atoms with Crippen LogP contribution in [0.4, 0.5) is 0 Å². The topological polar surface area (TPSA) is 71.2 Å². The van der Waals surface area contributed by atoms with Crippen LogP contribution in [0.1, 0.15) is 45.4 Å². The first-order valence-electron chi connectivity index (χ1n) is 7.50. The van der Waals surface area contributed by atoms with E-state index in [-0.39, 0.29) is 11.7 Å². The second-order valence-corrected chi connectivity index (χ2v) is 6.82. The summed E-state index contributed by atoms with van der Waals surface area (Å²) in [7, 11) is 0. The molecule has 0 amide bonds. The fourth-order valence-corrected chi connectivity index (χ4v) is 3.37. The molecule has 1 saturated heterocycles. The minimum absolute atomic E-state index is 0.0221. The number of hydrogen-bond donors (Lipinski definition) is 1. The fraction of sp³-hybridized carbons (Fsp3) is 0.786.